The minimum absolute atomic E-state index is 0.0105. The molecule has 4 nitrogen and oxygen atoms in total. The third-order valence-electron chi connectivity index (χ3n) is 4.25. The van der Waals surface area contributed by atoms with Gasteiger partial charge in [-0.3, -0.25) is 4.90 Å². The van der Waals surface area contributed by atoms with Crippen LogP contribution in [0.25, 0.3) is 0 Å². The van der Waals surface area contributed by atoms with Crippen molar-refractivity contribution in [3.63, 3.8) is 0 Å². The highest BCUT2D eigenvalue weighted by Gasteiger charge is 2.37. The maximum Gasteiger partial charge on any atom is 0.105 e. The van der Waals surface area contributed by atoms with Crippen LogP contribution in [0, 0.1) is 0 Å². The van der Waals surface area contributed by atoms with Gasteiger partial charge in [0, 0.05) is 31.1 Å². The number of ether oxygens (including phenoxy) is 1. The summed E-state index contributed by atoms with van der Waals surface area (Å²) in [5, 5.41) is 0. The maximum atomic E-state index is 6.44. The molecule has 1 aliphatic heterocycles. The van der Waals surface area contributed by atoms with E-state index in [4.69, 9.17) is 14.9 Å². The Kier molecular flexibility index (Phi) is 4.43. The third-order valence-corrected chi connectivity index (χ3v) is 4.25. The lowest BCUT2D eigenvalue weighted by Gasteiger charge is -2.46. The van der Waals surface area contributed by atoms with Crippen LogP contribution in [-0.4, -0.2) is 42.8 Å². The van der Waals surface area contributed by atoms with E-state index in [1.54, 1.807) is 6.26 Å². The fourth-order valence-corrected chi connectivity index (χ4v) is 2.66. The fraction of sp³-hybridized carbons (Fsp3) is 0.714. The van der Waals surface area contributed by atoms with E-state index >= 15 is 0 Å². The molecule has 2 atom stereocenters. The van der Waals surface area contributed by atoms with Crippen LogP contribution in [0.3, 0.4) is 0 Å². The highest BCUT2D eigenvalue weighted by atomic mass is 16.5. The second-order valence-corrected chi connectivity index (χ2v) is 5.20. The van der Waals surface area contributed by atoms with Crippen molar-refractivity contribution in [3.05, 3.63) is 24.2 Å². The summed E-state index contributed by atoms with van der Waals surface area (Å²) in [6.07, 6.45) is 3.53. The lowest BCUT2D eigenvalue weighted by atomic mass is 9.85. The average molecular weight is 252 g/mol. The Balaban J connectivity index is 2.04. The summed E-state index contributed by atoms with van der Waals surface area (Å²) in [4.78, 5) is 2.46. The normalized spacial score (nSPS) is 22.6. The van der Waals surface area contributed by atoms with Gasteiger partial charge in [-0.05, 0) is 25.5 Å². The molecule has 2 N–H and O–H groups in total. The van der Waals surface area contributed by atoms with E-state index in [1.807, 2.05) is 12.1 Å². The molecule has 1 aliphatic rings. The van der Waals surface area contributed by atoms with Gasteiger partial charge in [-0.15, -0.1) is 0 Å². The molecule has 0 radical (unpaired) electrons. The number of nitrogens with zero attached hydrogens (tertiary/aromatic N) is 1. The van der Waals surface area contributed by atoms with Crippen LogP contribution in [0.4, 0.5) is 0 Å². The molecule has 0 amide bonds. The van der Waals surface area contributed by atoms with Crippen molar-refractivity contribution in [2.45, 2.75) is 38.3 Å². The minimum atomic E-state index is 0.0105. The van der Waals surface area contributed by atoms with E-state index in [1.165, 1.54) is 0 Å². The van der Waals surface area contributed by atoms with Gasteiger partial charge in [0.15, 0.2) is 0 Å². The number of rotatable bonds is 5. The molecule has 0 aliphatic carbocycles. The van der Waals surface area contributed by atoms with Crippen LogP contribution < -0.4 is 5.73 Å². The van der Waals surface area contributed by atoms with Crippen LogP contribution >= 0.6 is 0 Å². The van der Waals surface area contributed by atoms with Crippen molar-refractivity contribution >= 4 is 0 Å². The number of nitrogens with two attached hydrogens (primary N) is 1. The molecule has 1 fully saturated rings. The second-order valence-electron chi connectivity index (χ2n) is 5.20. The molecule has 0 saturated carbocycles. The van der Waals surface area contributed by atoms with Gasteiger partial charge in [-0.25, -0.2) is 0 Å². The highest BCUT2D eigenvalue weighted by molar-refractivity contribution is 5.05. The lowest BCUT2D eigenvalue weighted by Crippen LogP contribution is -2.61. The number of hydrogen-bond donors (Lipinski definition) is 1. The van der Waals surface area contributed by atoms with Crippen LogP contribution in [0.1, 0.15) is 26.0 Å². The first-order chi connectivity index (χ1) is 8.66. The van der Waals surface area contributed by atoms with Crippen molar-refractivity contribution in [3.8, 4) is 0 Å². The second kappa shape index (κ2) is 5.87. The van der Waals surface area contributed by atoms with Gasteiger partial charge in [0.05, 0.1) is 19.5 Å². The standard InChI is InChI=1S/C14H24N2O2/c1-3-14(2,16-6-9-17-10-7-16)13(15)11-12-5-4-8-18-12/h4-5,8,13H,3,6-7,9-11,15H2,1-2H3. The zero-order valence-corrected chi connectivity index (χ0v) is 11.4. The van der Waals surface area contributed by atoms with E-state index in [9.17, 15) is 0 Å². The molecule has 2 unspecified atom stereocenters. The van der Waals surface area contributed by atoms with Gasteiger partial charge < -0.3 is 14.9 Å². The summed E-state index contributed by atoms with van der Waals surface area (Å²) < 4.78 is 10.8. The summed E-state index contributed by atoms with van der Waals surface area (Å²) in [6, 6.07) is 3.99. The molecule has 0 spiro atoms. The molecule has 1 aromatic heterocycles. The maximum absolute atomic E-state index is 6.44. The Bertz CT molecular complexity index is 347. The van der Waals surface area contributed by atoms with Crippen LogP contribution in [-0.2, 0) is 11.2 Å². The van der Waals surface area contributed by atoms with Gasteiger partial charge in [-0.1, -0.05) is 6.92 Å². The third kappa shape index (κ3) is 2.76. The monoisotopic (exact) mass is 252 g/mol. The number of hydrogen-bond acceptors (Lipinski definition) is 4. The van der Waals surface area contributed by atoms with Crippen molar-refractivity contribution in [2.24, 2.45) is 5.73 Å². The Labute approximate surface area is 109 Å². The summed E-state index contributed by atoms with van der Waals surface area (Å²) >= 11 is 0. The summed E-state index contributed by atoms with van der Waals surface area (Å²) in [6.45, 7) is 8.02. The number of morpholine rings is 1. The lowest BCUT2D eigenvalue weighted by molar-refractivity contribution is -0.0277. The summed E-state index contributed by atoms with van der Waals surface area (Å²) in [5.41, 5.74) is 6.45. The predicted octanol–water partition coefficient (Wildman–Crippen LogP) is 1.65. The van der Waals surface area contributed by atoms with Gasteiger partial charge in [0.2, 0.25) is 0 Å². The zero-order chi connectivity index (χ0) is 13.0. The molecular formula is C14H24N2O2. The van der Waals surface area contributed by atoms with E-state index in [0.29, 0.717) is 0 Å². The Hall–Kier alpha value is -0.840. The van der Waals surface area contributed by atoms with Crippen LogP contribution in [0.2, 0.25) is 0 Å². The molecular weight excluding hydrogens is 228 g/mol. The van der Waals surface area contributed by atoms with Gasteiger partial charge in [0.25, 0.3) is 0 Å². The first-order valence-electron chi connectivity index (χ1n) is 6.77. The smallest absolute Gasteiger partial charge is 0.105 e. The van der Waals surface area contributed by atoms with E-state index in [0.717, 1.165) is 44.9 Å². The SMILES string of the molecule is CCC(C)(C(N)Cc1ccco1)N1CCOCC1. The minimum Gasteiger partial charge on any atom is -0.469 e. The summed E-state index contributed by atoms with van der Waals surface area (Å²) in [7, 11) is 0. The predicted molar refractivity (Wildman–Crippen MR) is 71.5 cm³/mol. The van der Waals surface area contributed by atoms with Crippen molar-refractivity contribution < 1.29 is 9.15 Å². The quantitative estimate of drug-likeness (QED) is 0.865. The highest BCUT2D eigenvalue weighted by Crippen LogP contribution is 2.26. The average Bonchev–Trinajstić information content (AvgIpc) is 2.91. The molecule has 0 bridgehead atoms. The van der Waals surface area contributed by atoms with Gasteiger partial charge in [-0.2, -0.15) is 0 Å². The molecule has 0 aromatic carbocycles. The van der Waals surface area contributed by atoms with Gasteiger partial charge in [0.1, 0.15) is 5.76 Å². The first-order valence-corrected chi connectivity index (χ1v) is 6.77. The van der Waals surface area contributed by atoms with E-state index in [-0.39, 0.29) is 11.6 Å². The van der Waals surface area contributed by atoms with Crippen LogP contribution in [0.15, 0.2) is 22.8 Å². The number of furan rings is 1. The molecule has 1 aromatic rings. The van der Waals surface area contributed by atoms with E-state index < -0.39 is 0 Å². The van der Waals surface area contributed by atoms with Crippen molar-refractivity contribution in [2.75, 3.05) is 26.3 Å². The Morgan fingerprint density at radius 2 is 2.17 bits per heavy atom. The fourth-order valence-electron chi connectivity index (χ4n) is 2.66. The molecule has 1 saturated heterocycles. The van der Waals surface area contributed by atoms with Crippen molar-refractivity contribution in [1.82, 2.24) is 4.90 Å². The van der Waals surface area contributed by atoms with Gasteiger partial charge >= 0.3 is 0 Å². The Morgan fingerprint density at radius 1 is 1.44 bits per heavy atom. The molecule has 102 valence electrons. The molecule has 2 rings (SSSR count). The van der Waals surface area contributed by atoms with Crippen molar-refractivity contribution in [1.29, 1.82) is 0 Å². The molecule has 2 heterocycles. The van der Waals surface area contributed by atoms with Crippen LogP contribution in [0.5, 0.6) is 0 Å². The van der Waals surface area contributed by atoms with E-state index in [2.05, 4.69) is 18.7 Å². The topological polar surface area (TPSA) is 51.6 Å². The molecule has 4 heteroatoms. The Morgan fingerprint density at radius 3 is 2.72 bits per heavy atom. The largest absolute Gasteiger partial charge is 0.469 e. The zero-order valence-electron chi connectivity index (χ0n) is 11.4. The molecule has 18 heavy (non-hydrogen) atoms. The summed E-state index contributed by atoms with van der Waals surface area (Å²) in [5.74, 6) is 0.968. The first kappa shape index (κ1) is 13.6.